The SMILES string of the molecule is N#Cc1ccccc1CC(OCC1OC(n2cnc3c(N)nc(Cl)nc32)C(O)C1O)(C(=O)O)C(=O)O. The van der Waals surface area contributed by atoms with Crippen molar-refractivity contribution < 1.29 is 39.5 Å². The first-order valence-electron chi connectivity index (χ1n) is 10.3. The highest BCUT2D eigenvalue weighted by molar-refractivity contribution is 6.28. The lowest BCUT2D eigenvalue weighted by Gasteiger charge is -2.27. The Kier molecular flexibility index (Phi) is 6.76. The maximum absolute atomic E-state index is 12.1. The van der Waals surface area contributed by atoms with Crippen LogP contribution in [0.15, 0.2) is 30.6 Å². The van der Waals surface area contributed by atoms with Gasteiger partial charge in [-0.05, 0) is 23.2 Å². The maximum atomic E-state index is 12.1. The van der Waals surface area contributed by atoms with Crippen molar-refractivity contribution in [2.75, 3.05) is 12.3 Å². The van der Waals surface area contributed by atoms with Crippen LogP contribution in [0.3, 0.4) is 0 Å². The number of halogens is 1. The summed E-state index contributed by atoms with van der Waals surface area (Å²) in [6.07, 6.45) is -5.23. The van der Waals surface area contributed by atoms with E-state index in [9.17, 15) is 35.3 Å². The predicted molar refractivity (Wildman–Crippen MR) is 119 cm³/mol. The summed E-state index contributed by atoms with van der Waals surface area (Å²) >= 11 is 5.85. The summed E-state index contributed by atoms with van der Waals surface area (Å²) in [6.45, 7) is -0.730. The smallest absolute Gasteiger partial charge is 0.348 e. The number of anilines is 1. The summed E-state index contributed by atoms with van der Waals surface area (Å²) in [6, 6.07) is 7.76. The van der Waals surface area contributed by atoms with E-state index in [2.05, 4.69) is 15.0 Å². The molecule has 15 heteroatoms. The molecule has 0 bridgehead atoms. The van der Waals surface area contributed by atoms with Gasteiger partial charge in [-0.15, -0.1) is 0 Å². The number of imidazole rings is 1. The molecule has 3 aromatic rings. The van der Waals surface area contributed by atoms with Crippen LogP contribution in [0.2, 0.25) is 5.28 Å². The molecule has 4 unspecified atom stereocenters. The van der Waals surface area contributed by atoms with Gasteiger partial charge in [0.2, 0.25) is 5.28 Å². The lowest BCUT2D eigenvalue weighted by molar-refractivity contribution is -0.190. The number of aliphatic carboxylic acids is 2. The number of nitrogen functional groups attached to an aromatic ring is 1. The fraction of sp³-hybridized carbons (Fsp3) is 0.333. The highest BCUT2D eigenvalue weighted by atomic mass is 35.5. The van der Waals surface area contributed by atoms with Crippen LogP contribution < -0.4 is 5.73 Å². The number of hydrogen-bond acceptors (Lipinski definition) is 11. The van der Waals surface area contributed by atoms with Gasteiger partial charge in [0, 0.05) is 6.42 Å². The Morgan fingerprint density at radius 2 is 1.92 bits per heavy atom. The van der Waals surface area contributed by atoms with Crippen molar-refractivity contribution in [3.8, 4) is 6.07 Å². The Morgan fingerprint density at radius 1 is 1.22 bits per heavy atom. The van der Waals surface area contributed by atoms with E-state index in [1.807, 2.05) is 6.07 Å². The normalized spacial score (nSPS) is 21.9. The minimum absolute atomic E-state index is 0.0259. The minimum Gasteiger partial charge on any atom is -0.479 e. The van der Waals surface area contributed by atoms with E-state index in [1.165, 1.54) is 29.1 Å². The molecule has 1 aliphatic rings. The minimum atomic E-state index is -2.81. The third-order valence-electron chi connectivity index (χ3n) is 5.79. The first-order valence-corrected chi connectivity index (χ1v) is 10.7. The zero-order chi connectivity index (χ0) is 26.2. The van der Waals surface area contributed by atoms with E-state index in [4.69, 9.17) is 26.8 Å². The highest BCUT2D eigenvalue weighted by Crippen LogP contribution is 2.33. The number of aliphatic hydroxyl groups is 2. The molecule has 4 rings (SSSR count). The monoisotopic (exact) mass is 518 g/mol. The summed E-state index contributed by atoms with van der Waals surface area (Å²) in [4.78, 5) is 36.0. The number of carboxylic acid groups (broad SMARTS) is 2. The van der Waals surface area contributed by atoms with E-state index in [0.29, 0.717) is 0 Å². The molecule has 1 aromatic carbocycles. The molecule has 14 nitrogen and oxygen atoms in total. The van der Waals surface area contributed by atoms with Crippen molar-refractivity contribution in [2.24, 2.45) is 0 Å². The zero-order valence-corrected chi connectivity index (χ0v) is 19.0. The average Bonchev–Trinajstić information content (AvgIpc) is 3.37. The maximum Gasteiger partial charge on any atom is 0.348 e. The van der Waals surface area contributed by atoms with Crippen LogP contribution in [0.1, 0.15) is 17.4 Å². The predicted octanol–water partition coefficient (Wildman–Crippen LogP) is -0.280. The van der Waals surface area contributed by atoms with Crippen LogP contribution in [0.5, 0.6) is 0 Å². The Labute approximate surface area is 207 Å². The van der Waals surface area contributed by atoms with Gasteiger partial charge in [0.25, 0.3) is 5.60 Å². The molecule has 3 heterocycles. The second-order valence-electron chi connectivity index (χ2n) is 7.94. The number of aliphatic hydroxyl groups excluding tert-OH is 2. The number of rotatable bonds is 8. The first kappa shape index (κ1) is 25.2. The molecular formula is C21H19ClN6O8. The molecule has 0 radical (unpaired) electrons. The molecule has 0 spiro atoms. The number of carbonyl (C=O) groups is 2. The highest BCUT2D eigenvalue weighted by Gasteiger charge is 2.51. The summed E-state index contributed by atoms with van der Waals surface area (Å²) in [5.74, 6) is -3.67. The van der Waals surface area contributed by atoms with Gasteiger partial charge in [-0.25, -0.2) is 14.6 Å². The van der Waals surface area contributed by atoms with Gasteiger partial charge >= 0.3 is 11.9 Å². The van der Waals surface area contributed by atoms with Crippen LogP contribution in [-0.2, 0) is 25.5 Å². The third-order valence-corrected chi connectivity index (χ3v) is 5.96. The number of nitrogens with zero attached hydrogens (tertiary/aromatic N) is 5. The molecule has 1 fully saturated rings. The molecule has 188 valence electrons. The van der Waals surface area contributed by atoms with Gasteiger partial charge in [-0.1, -0.05) is 18.2 Å². The number of carboxylic acids is 2. The Balaban J connectivity index is 1.59. The number of benzene rings is 1. The molecule has 6 N–H and O–H groups in total. The zero-order valence-electron chi connectivity index (χ0n) is 18.2. The number of hydrogen-bond donors (Lipinski definition) is 5. The van der Waals surface area contributed by atoms with Crippen LogP contribution >= 0.6 is 11.6 Å². The molecule has 4 atom stereocenters. The summed E-state index contributed by atoms with van der Waals surface area (Å²) in [7, 11) is 0. The van der Waals surface area contributed by atoms with E-state index in [1.54, 1.807) is 6.07 Å². The van der Waals surface area contributed by atoms with Crippen molar-refractivity contribution in [3.63, 3.8) is 0 Å². The van der Waals surface area contributed by atoms with E-state index >= 15 is 0 Å². The van der Waals surface area contributed by atoms with Gasteiger partial charge in [0.05, 0.1) is 24.6 Å². The van der Waals surface area contributed by atoms with E-state index < -0.39 is 55.1 Å². The topological polar surface area (TPSA) is 227 Å². The van der Waals surface area contributed by atoms with Crippen LogP contribution in [0.25, 0.3) is 11.2 Å². The van der Waals surface area contributed by atoms with Crippen LogP contribution in [0, 0.1) is 11.3 Å². The largest absolute Gasteiger partial charge is 0.479 e. The Bertz CT molecular complexity index is 1360. The second kappa shape index (κ2) is 9.64. The molecule has 0 saturated carbocycles. The summed E-state index contributed by atoms with van der Waals surface area (Å²) < 4.78 is 12.3. The lowest BCUT2D eigenvalue weighted by atomic mass is 9.91. The fourth-order valence-electron chi connectivity index (χ4n) is 3.89. The number of ether oxygens (including phenoxy) is 2. The van der Waals surface area contributed by atoms with Crippen molar-refractivity contribution in [1.29, 1.82) is 5.26 Å². The van der Waals surface area contributed by atoms with Gasteiger partial charge in [0.1, 0.15) is 23.8 Å². The molecule has 1 saturated heterocycles. The number of aromatic nitrogens is 4. The quantitative estimate of drug-likeness (QED) is 0.191. The van der Waals surface area contributed by atoms with Gasteiger partial charge in [-0.2, -0.15) is 15.2 Å². The second-order valence-corrected chi connectivity index (χ2v) is 8.28. The van der Waals surface area contributed by atoms with Gasteiger partial charge in [0.15, 0.2) is 17.7 Å². The molecular weight excluding hydrogens is 500 g/mol. The Hall–Kier alpha value is -3.87. The van der Waals surface area contributed by atoms with Crippen molar-refractivity contribution >= 4 is 40.5 Å². The van der Waals surface area contributed by atoms with E-state index in [0.717, 1.165) is 0 Å². The summed E-state index contributed by atoms with van der Waals surface area (Å²) in [5.41, 5.74) is 3.44. The van der Waals surface area contributed by atoms with Gasteiger partial charge < -0.3 is 35.6 Å². The van der Waals surface area contributed by atoms with Crippen molar-refractivity contribution in [1.82, 2.24) is 19.5 Å². The van der Waals surface area contributed by atoms with Crippen molar-refractivity contribution in [3.05, 3.63) is 47.0 Å². The van der Waals surface area contributed by atoms with Gasteiger partial charge in [-0.3, -0.25) is 4.57 Å². The fourth-order valence-corrected chi connectivity index (χ4v) is 4.06. The first-order chi connectivity index (χ1) is 17.1. The lowest BCUT2D eigenvalue weighted by Crippen LogP contribution is -2.53. The van der Waals surface area contributed by atoms with E-state index in [-0.39, 0.29) is 33.4 Å². The Morgan fingerprint density at radius 3 is 2.58 bits per heavy atom. The molecule has 0 aliphatic carbocycles. The molecule has 1 aliphatic heterocycles. The van der Waals surface area contributed by atoms with Crippen LogP contribution in [0.4, 0.5) is 5.82 Å². The number of fused-ring (bicyclic) bond motifs is 1. The standard InChI is InChI=1S/C21H19ClN6O8/c22-20-26-15(24)12-16(27-20)28(8-25-12)17-14(30)13(29)11(36-17)7-35-21(18(31)32,19(33)34)5-9-3-1-2-4-10(9)6-23/h1-4,8,11,13-14,17,29-30H,5,7H2,(H,31,32)(H,33,34)(H2,24,26,27). The van der Waals surface area contributed by atoms with Crippen molar-refractivity contribution in [2.45, 2.75) is 36.6 Å². The number of nitrogens with two attached hydrogens (primary N) is 1. The third kappa shape index (κ3) is 4.30. The number of nitriles is 1. The molecule has 2 aromatic heterocycles. The van der Waals surface area contributed by atoms with Crippen LogP contribution in [-0.4, -0.2) is 82.4 Å². The summed E-state index contributed by atoms with van der Waals surface area (Å²) in [5, 5.41) is 49.8. The average molecular weight is 519 g/mol. The molecule has 36 heavy (non-hydrogen) atoms. The molecule has 0 amide bonds.